The average Bonchev–Trinajstić information content (AvgIpc) is 3.26. The summed E-state index contributed by atoms with van der Waals surface area (Å²) in [4.78, 5) is 22.5. The van der Waals surface area contributed by atoms with E-state index in [0.717, 1.165) is 18.8 Å². The van der Waals surface area contributed by atoms with Crippen LogP contribution >= 0.6 is 11.6 Å². The molecule has 21 heavy (non-hydrogen) atoms. The number of nitrogens with one attached hydrogen (secondary N) is 2. The zero-order valence-corrected chi connectivity index (χ0v) is 12.6. The summed E-state index contributed by atoms with van der Waals surface area (Å²) in [6, 6.07) is 2.69. The van der Waals surface area contributed by atoms with Crippen molar-refractivity contribution < 1.29 is 9.72 Å². The van der Waals surface area contributed by atoms with E-state index < -0.39 is 4.92 Å². The Morgan fingerprint density at radius 3 is 2.76 bits per heavy atom. The zero-order valence-electron chi connectivity index (χ0n) is 11.8. The molecule has 0 spiro atoms. The molecule has 2 N–H and O–H groups in total. The highest BCUT2D eigenvalue weighted by Crippen LogP contribution is 2.34. The van der Waals surface area contributed by atoms with E-state index in [4.69, 9.17) is 11.6 Å². The van der Waals surface area contributed by atoms with Crippen LogP contribution in [-0.4, -0.2) is 24.4 Å². The van der Waals surface area contributed by atoms with Gasteiger partial charge < -0.3 is 10.6 Å². The lowest BCUT2D eigenvalue weighted by atomic mass is 10.1. The molecule has 0 aromatic heterocycles. The Balaban J connectivity index is 2.03. The Morgan fingerprint density at radius 1 is 1.48 bits per heavy atom. The predicted octanol–water partition coefficient (Wildman–Crippen LogP) is 3.21. The lowest BCUT2D eigenvalue weighted by Gasteiger charge is -2.09. The molecule has 1 aromatic carbocycles. The Hall–Kier alpha value is -1.82. The molecule has 0 saturated heterocycles. The first-order valence-electron chi connectivity index (χ1n) is 6.96. The standard InChI is InChI=1S/C14H18ClN3O3/c1-16-13-11(15)7-10(8-12(13)18(20)21)14(19)17-6-2-3-9-4-5-9/h7-9,16H,2-6H2,1H3,(H,17,19). The van der Waals surface area contributed by atoms with Gasteiger partial charge in [-0.25, -0.2) is 0 Å². The van der Waals surface area contributed by atoms with Crippen LogP contribution in [0.4, 0.5) is 11.4 Å². The number of carbonyl (C=O) groups excluding carboxylic acids is 1. The number of nitro benzene ring substituents is 1. The Morgan fingerprint density at radius 2 is 2.19 bits per heavy atom. The summed E-state index contributed by atoms with van der Waals surface area (Å²) in [6.45, 7) is 0.578. The van der Waals surface area contributed by atoms with Crippen molar-refractivity contribution in [2.24, 2.45) is 5.92 Å². The molecule has 1 amide bonds. The van der Waals surface area contributed by atoms with Gasteiger partial charge in [0, 0.05) is 25.2 Å². The summed E-state index contributed by atoms with van der Waals surface area (Å²) in [5.41, 5.74) is 0.220. The molecule has 6 nitrogen and oxygen atoms in total. The second-order valence-corrected chi connectivity index (χ2v) is 5.61. The number of carbonyl (C=O) groups is 1. The Kier molecular flexibility index (Phi) is 5.01. The fourth-order valence-electron chi connectivity index (χ4n) is 2.22. The third-order valence-electron chi connectivity index (χ3n) is 3.55. The number of nitrogens with zero attached hydrogens (tertiary/aromatic N) is 1. The van der Waals surface area contributed by atoms with Crippen LogP contribution in [0, 0.1) is 16.0 Å². The van der Waals surface area contributed by atoms with Crippen molar-refractivity contribution in [3.8, 4) is 0 Å². The average molecular weight is 312 g/mol. The van der Waals surface area contributed by atoms with Gasteiger partial charge in [0.05, 0.1) is 9.95 Å². The van der Waals surface area contributed by atoms with Gasteiger partial charge in [0.25, 0.3) is 11.6 Å². The molecular weight excluding hydrogens is 294 g/mol. The van der Waals surface area contributed by atoms with Gasteiger partial charge in [-0.1, -0.05) is 24.4 Å². The van der Waals surface area contributed by atoms with Gasteiger partial charge in [-0.2, -0.15) is 0 Å². The number of anilines is 1. The van der Waals surface area contributed by atoms with E-state index in [-0.39, 0.29) is 27.9 Å². The molecule has 0 bridgehead atoms. The quantitative estimate of drug-likeness (QED) is 0.460. The minimum Gasteiger partial charge on any atom is -0.381 e. The third kappa shape index (κ3) is 4.07. The maximum absolute atomic E-state index is 12.0. The molecule has 1 aromatic rings. The Labute approximate surface area is 128 Å². The highest BCUT2D eigenvalue weighted by atomic mass is 35.5. The summed E-state index contributed by atoms with van der Waals surface area (Å²) >= 11 is 5.99. The molecule has 0 heterocycles. The minimum atomic E-state index is -0.554. The van der Waals surface area contributed by atoms with E-state index in [1.807, 2.05) is 0 Å². The zero-order chi connectivity index (χ0) is 15.4. The summed E-state index contributed by atoms with van der Waals surface area (Å²) in [7, 11) is 1.55. The fourth-order valence-corrected chi connectivity index (χ4v) is 2.52. The van der Waals surface area contributed by atoms with Gasteiger partial charge in [-0.15, -0.1) is 0 Å². The second-order valence-electron chi connectivity index (χ2n) is 5.20. The normalized spacial score (nSPS) is 13.8. The van der Waals surface area contributed by atoms with Crippen LogP contribution in [0.5, 0.6) is 0 Å². The van der Waals surface area contributed by atoms with Crippen molar-refractivity contribution in [1.29, 1.82) is 0 Å². The van der Waals surface area contributed by atoms with Gasteiger partial charge in [0.1, 0.15) is 5.69 Å². The molecule has 0 radical (unpaired) electrons. The topological polar surface area (TPSA) is 84.3 Å². The van der Waals surface area contributed by atoms with Crippen LogP contribution in [-0.2, 0) is 0 Å². The first-order chi connectivity index (χ1) is 10.0. The van der Waals surface area contributed by atoms with E-state index in [2.05, 4.69) is 10.6 Å². The number of halogens is 1. The van der Waals surface area contributed by atoms with Crippen LogP contribution < -0.4 is 10.6 Å². The van der Waals surface area contributed by atoms with Gasteiger partial charge >= 0.3 is 0 Å². The summed E-state index contributed by atoms with van der Waals surface area (Å²) < 4.78 is 0. The van der Waals surface area contributed by atoms with Crippen LogP contribution in [0.3, 0.4) is 0 Å². The lowest BCUT2D eigenvalue weighted by Crippen LogP contribution is -2.24. The summed E-state index contributed by atoms with van der Waals surface area (Å²) in [5, 5.41) is 16.6. The fraction of sp³-hybridized carbons (Fsp3) is 0.500. The molecule has 0 unspecified atom stereocenters. The first kappa shape index (κ1) is 15.6. The van der Waals surface area contributed by atoms with Crippen molar-refractivity contribution in [3.63, 3.8) is 0 Å². The van der Waals surface area contributed by atoms with Gasteiger partial charge in [-0.05, 0) is 24.8 Å². The molecule has 1 fully saturated rings. The van der Waals surface area contributed by atoms with E-state index in [1.165, 1.54) is 25.0 Å². The molecule has 114 valence electrons. The molecular formula is C14H18ClN3O3. The molecule has 0 atom stereocenters. The van der Waals surface area contributed by atoms with Crippen molar-refractivity contribution in [2.75, 3.05) is 18.9 Å². The SMILES string of the molecule is CNc1c(Cl)cc(C(=O)NCCCC2CC2)cc1[N+](=O)[O-]. The first-order valence-corrected chi connectivity index (χ1v) is 7.34. The van der Waals surface area contributed by atoms with E-state index >= 15 is 0 Å². The van der Waals surface area contributed by atoms with Crippen molar-refractivity contribution in [3.05, 3.63) is 32.8 Å². The molecule has 1 saturated carbocycles. The number of hydrogen-bond acceptors (Lipinski definition) is 4. The molecule has 0 aliphatic heterocycles. The maximum atomic E-state index is 12.0. The van der Waals surface area contributed by atoms with Crippen LogP contribution in [0.2, 0.25) is 5.02 Å². The number of hydrogen-bond donors (Lipinski definition) is 2. The van der Waals surface area contributed by atoms with Crippen LogP contribution in [0.1, 0.15) is 36.0 Å². The van der Waals surface area contributed by atoms with Crippen molar-refractivity contribution in [1.82, 2.24) is 5.32 Å². The molecule has 2 rings (SSSR count). The number of benzene rings is 1. The highest BCUT2D eigenvalue weighted by molar-refractivity contribution is 6.34. The van der Waals surface area contributed by atoms with Gasteiger partial charge in [0.15, 0.2) is 0 Å². The largest absolute Gasteiger partial charge is 0.381 e. The van der Waals surface area contributed by atoms with E-state index in [0.29, 0.717) is 6.54 Å². The van der Waals surface area contributed by atoms with Crippen molar-refractivity contribution >= 4 is 28.9 Å². The van der Waals surface area contributed by atoms with Crippen molar-refractivity contribution in [2.45, 2.75) is 25.7 Å². The van der Waals surface area contributed by atoms with Crippen LogP contribution in [0.15, 0.2) is 12.1 Å². The van der Waals surface area contributed by atoms with Gasteiger partial charge in [0.2, 0.25) is 0 Å². The number of rotatable bonds is 7. The lowest BCUT2D eigenvalue weighted by molar-refractivity contribution is -0.383. The maximum Gasteiger partial charge on any atom is 0.294 e. The minimum absolute atomic E-state index is 0.162. The third-order valence-corrected chi connectivity index (χ3v) is 3.85. The predicted molar refractivity (Wildman–Crippen MR) is 81.9 cm³/mol. The van der Waals surface area contributed by atoms with Gasteiger partial charge in [-0.3, -0.25) is 14.9 Å². The summed E-state index contributed by atoms with van der Waals surface area (Å²) in [6.07, 6.45) is 4.64. The van der Waals surface area contributed by atoms with E-state index in [9.17, 15) is 14.9 Å². The van der Waals surface area contributed by atoms with E-state index in [1.54, 1.807) is 7.05 Å². The number of nitro groups is 1. The Bertz CT molecular complexity index is 559. The number of amides is 1. The monoisotopic (exact) mass is 311 g/mol. The molecule has 7 heteroatoms. The second kappa shape index (κ2) is 6.76. The summed E-state index contributed by atoms with van der Waals surface area (Å²) in [5.74, 6) is 0.491. The molecule has 1 aliphatic rings. The smallest absolute Gasteiger partial charge is 0.294 e. The highest BCUT2D eigenvalue weighted by Gasteiger charge is 2.22. The molecule has 1 aliphatic carbocycles. The van der Waals surface area contributed by atoms with Crippen LogP contribution in [0.25, 0.3) is 0 Å².